The summed E-state index contributed by atoms with van der Waals surface area (Å²) in [6.07, 6.45) is 5.54. The van der Waals surface area contributed by atoms with Crippen molar-refractivity contribution in [2.75, 3.05) is 18.0 Å². The van der Waals surface area contributed by atoms with Crippen molar-refractivity contribution < 1.29 is 9.18 Å². The van der Waals surface area contributed by atoms with Crippen molar-refractivity contribution in [2.45, 2.75) is 52.1 Å². The smallest absolute Gasteiger partial charge is 0.257 e. The zero-order chi connectivity index (χ0) is 23.1. The maximum absolute atomic E-state index is 13.4. The first-order valence-corrected chi connectivity index (χ1v) is 11.6. The lowest BCUT2D eigenvalue weighted by molar-refractivity contribution is 0.0729. The predicted molar refractivity (Wildman–Crippen MR) is 123 cm³/mol. The summed E-state index contributed by atoms with van der Waals surface area (Å²) in [5.74, 6) is 1.42. The Morgan fingerprint density at radius 3 is 2.61 bits per heavy atom. The Labute approximate surface area is 193 Å². The molecular weight excluding hydrogens is 419 g/mol. The number of nitrogens with zero attached hydrogens (tertiary/aromatic N) is 6. The second-order valence-electron chi connectivity index (χ2n) is 9.08. The Morgan fingerprint density at radius 2 is 1.88 bits per heavy atom. The molecule has 0 bridgehead atoms. The molecule has 0 radical (unpaired) electrons. The summed E-state index contributed by atoms with van der Waals surface area (Å²) in [5, 5.41) is 4.34. The SMILES string of the molecule is Cc1nn(C)cc1C(=O)N1CCCC1c1nc(C)c2c(n1)N(Cc1ccc(F)cc1)CCC2. The normalized spacial score (nSPS) is 18.0. The number of aryl methyl sites for hydroxylation is 3. The summed E-state index contributed by atoms with van der Waals surface area (Å²) in [5.41, 5.74) is 4.58. The van der Waals surface area contributed by atoms with Gasteiger partial charge in [0.1, 0.15) is 11.6 Å². The maximum atomic E-state index is 13.4. The zero-order valence-electron chi connectivity index (χ0n) is 19.4. The standard InChI is InChI=1S/C25H29FN6O/c1-16-20-6-4-12-31(14-18-8-10-19(26)11-9-18)24(20)28-23(27-16)22-7-5-13-32(22)25(33)21-15-30(3)29-17(21)2/h8-11,15,22H,4-7,12-14H2,1-3H3. The fraction of sp³-hybridized carbons (Fsp3) is 0.440. The van der Waals surface area contributed by atoms with Crippen LogP contribution in [0.5, 0.6) is 0 Å². The average Bonchev–Trinajstić information content (AvgIpc) is 3.41. The third-order valence-corrected chi connectivity index (χ3v) is 6.71. The molecule has 0 aliphatic carbocycles. The highest BCUT2D eigenvalue weighted by Gasteiger charge is 2.35. The van der Waals surface area contributed by atoms with E-state index in [0.717, 1.165) is 55.0 Å². The summed E-state index contributed by atoms with van der Waals surface area (Å²) < 4.78 is 15.0. The number of likely N-dealkylation sites (tertiary alicyclic amines) is 1. The largest absolute Gasteiger partial charge is 0.352 e. The van der Waals surface area contributed by atoms with Gasteiger partial charge < -0.3 is 9.80 Å². The van der Waals surface area contributed by atoms with E-state index in [1.54, 1.807) is 10.9 Å². The summed E-state index contributed by atoms with van der Waals surface area (Å²) in [4.78, 5) is 27.4. The molecule has 0 spiro atoms. The minimum absolute atomic E-state index is 0.00904. The molecule has 1 amide bonds. The summed E-state index contributed by atoms with van der Waals surface area (Å²) in [6, 6.07) is 6.51. The van der Waals surface area contributed by atoms with E-state index in [9.17, 15) is 9.18 Å². The number of fused-ring (bicyclic) bond motifs is 1. The van der Waals surface area contributed by atoms with Crippen LogP contribution in [0, 0.1) is 19.7 Å². The molecular formula is C25H29FN6O. The number of carbonyl (C=O) groups excluding carboxylic acids is 1. The predicted octanol–water partition coefficient (Wildman–Crippen LogP) is 3.90. The number of carbonyl (C=O) groups is 1. The molecule has 0 saturated carbocycles. The van der Waals surface area contributed by atoms with Crippen LogP contribution in [0.1, 0.15) is 64.0 Å². The van der Waals surface area contributed by atoms with Gasteiger partial charge in [-0.05, 0) is 57.2 Å². The van der Waals surface area contributed by atoms with Gasteiger partial charge in [-0.1, -0.05) is 12.1 Å². The van der Waals surface area contributed by atoms with Crippen molar-refractivity contribution in [1.29, 1.82) is 0 Å². The first-order chi connectivity index (χ1) is 15.9. The molecule has 2 aliphatic rings. The highest BCUT2D eigenvalue weighted by molar-refractivity contribution is 5.95. The Hall–Kier alpha value is -3.29. The van der Waals surface area contributed by atoms with Crippen LogP contribution in [-0.4, -0.2) is 43.6 Å². The van der Waals surface area contributed by atoms with Gasteiger partial charge in [-0.15, -0.1) is 0 Å². The van der Waals surface area contributed by atoms with Gasteiger partial charge in [-0.3, -0.25) is 9.48 Å². The number of rotatable bonds is 4. The van der Waals surface area contributed by atoms with Gasteiger partial charge in [0.05, 0.1) is 17.3 Å². The zero-order valence-corrected chi connectivity index (χ0v) is 19.4. The molecule has 3 aromatic rings. The molecule has 7 nitrogen and oxygen atoms in total. The number of hydrogen-bond donors (Lipinski definition) is 0. The second kappa shape index (κ2) is 8.57. The number of halogens is 1. The first kappa shape index (κ1) is 21.6. The molecule has 5 rings (SSSR count). The molecule has 33 heavy (non-hydrogen) atoms. The van der Waals surface area contributed by atoms with E-state index < -0.39 is 0 Å². The molecule has 2 aliphatic heterocycles. The van der Waals surface area contributed by atoms with E-state index in [1.165, 1.54) is 17.7 Å². The fourth-order valence-corrected chi connectivity index (χ4v) is 5.06. The van der Waals surface area contributed by atoms with Crippen molar-refractivity contribution in [3.8, 4) is 0 Å². The average molecular weight is 449 g/mol. The third-order valence-electron chi connectivity index (χ3n) is 6.71. The van der Waals surface area contributed by atoms with Gasteiger partial charge in [-0.25, -0.2) is 14.4 Å². The Bertz CT molecular complexity index is 1190. The third kappa shape index (κ3) is 4.10. The van der Waals surface area contributed by atoms with E-state index in [4.69, 9.17) is 9.97 Å². The van der Waals surface area contributed by atoms with Gasteiger partial charge in [0.25, 0.3) is 5.91 Å². The molecule has 1 aromatic carbocycles. The van der Waals surface area contributed by atoms with Gasteiger partial charge >= 0.3 is 0 Å². The van der Waals surface area contributed by atoms with Crippen molar-refractivity contribution in [2.24, 2.45) is 7.05 Å². The Morgan fingerprint density at radius 1 is 1.09 bits per heavy atom. The molecule has 0 N–H and O–H groups in total. The van der Waals surface area contributed by atoms with Crippen LogP contribution in [0.4, 0.5) is 10.2 Å². The summed E-state index contributed by atoms with van der Waals surface area (Å²) in [7, 11) is 1.83. The molecule has 8 heteroatoms. The lowest BCUT2D eigenvalue weighted by Gasteiger charge is -2.32. The molecule has 4 heterocycles. The molecule has 172 valence electrons. The van der Waals surface area contributed by atoms with E-state index in [2.05, 4.69) is 10.00 Å². The van der Waals surface area contributed by atoms with Crippen molar-refractivity contribution >= 4 is 11.7 Å². The first-order valence-electron chi connectivity index (χ1n) is 11.6. The molecule has 2 aromatic heterocycles. The van der Waals surface area contributed by atoms with Crippen LogP contribution in [0.2, 0.25) is 0 Å². The minimum atomic E-state index is -0.229. The maximum Gasteiger partial charge on any atom is 0.257 e. The number of aromatic nitrogens is 4. The summed E-state index contributed by atoms with van der Waals surface area (Å²) >= 11 is 0. The molecule has 1 fully saturated rings. The monoisotopic (exact) mass is 448 g/mol. The van der Waals surface area contributed by atoms with Crippen molar-refractivity contribution in [1.82, 2.24) is 24.6 Å². The number of amides is 1. The van der Waals surface area contributed by atoms with Crippen LogP contribution >= 0.6 is 0 Å². The fourth-order valence-electron chi connectivity index (χ4n) is 5.06. The topological polar surface area (TPSA) is 67.2 Å². The van der Waals surface area contributed by atoms with Gasteiger partial charge in [0.2, 0.25) is 0 Å². The van der Waals surface area contributed by atoms with Gasteiger partial charge in [-0.2, -0.15) is 5.10 Å². The van der Waals surface area contributed by atoms with Crippen LogP contribution in [0.15, 0.2) is 30.5 Å². The van der Waals surface area contributed by atoms with E-state index in [1.807, 2.05) is 37.9 Å². The highest BCUT2D eigenvalue weighted by Crippen LogP contribution is 2.35. The van der Waals surface area contributed by atoms with Crippen molar-refractivity contribution in [3.63, 3.8) is 0 Å². The van der Waals surface area contributed by atoms with Crippen LogP contribution in [0.25, 0.3) is 0 Å². The van der Waals surface area contributed by atoms with Gasteiger partial charge in [0.15, 0.2) is 5.82 Å². The van der Waals surface area contributed by atoms with Crippen LogP contribution < -0.4 is 4.90 Å². The molecule has 1 unspecified atom stereocenters. The highest BCUT2D eigenvalue weighted by atomic mass is 19.1. The second-order valence-corrected chi connectivity index (χ2v) is 9.08. The number of benzene rings is 1. The van der Waals surface area contributed by atoms with E-state index >= 15 is 0 Å². The number of anilines is 1. The van der Waals surface area contributed by atoms with Crippen molar-refractivity contribution in [3.05, 3.63) is 70.2 Å². The van der Waals surface area contributed by atoms with Gasteiger partial charge in [0, 0.05) is 44.1 Å². The Kier molecular flexibility index (Phi) is 5.60. The van der Waals surface area contributed by atoms with E-state index in [-0.39, 0.29) is 17.8 Å². The lowest BCUT2D eigenvalue weighted by atomic mass is 10.0. The van der Waals surface area contributed by atoms with Crippen LogP contribution in [0.3, 0.4) is 0 Å². The van der Waals surface area contributed by atoms with Crippen LogP contribution in [-0.2, 0) is 20.0 Å². The minimum Gasteiger partial charge on any atom is -0.352 e. The quantitative estimate of drug-likeness (QED) is 0.606. The number of hydrogen-bond acceptors (Lipinski definition) is 5. The Balaban J connectivity index is 1.46. The molecule has 1 saturated heterocycles. The molecule has 1 atom stereocenters. The summed E-state index contributed by atoms with van der Waals surface area (Å²) in [6.45, 7) is 6.16. The van der Waals surface area contributed by atoms with E-state index in [0.29, 0.717) is 24.5 Å². The lowest BCUT2D eigenvalue weighted by Crippen LogP contribution is -2.34.